The minimum atomic E-state index is -0.414. The molecule has 1 heterocycles. The summed E-state index contributed by atoms with van der Waals surface area (Å²) in [5, 5.41) is 0. The van der Waals surface area contributed by atoms with Crippen LogP contribution in [0, 0.1) is 0 Å². The van der Waals surface area contributed by atoms with Gasteiger partial charge in [-0.1, -0.05) is 13.5 Å². The molecule has 0 saturated carbocycles. The van der Waals surface area contributed by atoms with Crippen molar-refractivity contribution in [3.8, 4) is 0 Å². The van der Waals surface area contributed by atoms with Gasteiger partial charge in [0, 0.05) is 5.57 Å². The zero-order valence-corrected chi connectivity index (χ0v) is 8.62. The van der Waals surface area contributed by atoms with Crippen LogP contribution in [0.25, 0.3) is 0 Å². The van der Waals surface area contributed by atoms with Crippen molar-refractivity contribution in [2.45, 2.75) is 32.7 Å². The highest BCUT2D eigenvalue weighted by Gasteiger charge is 2.28. The SMILES string of the molecule is C=C(C)C(=O)OC(CC)C1OCCO1. The number of hydrogen-bond acceptors (Lipinski definition) is 4. The number of carbonyl (C=O) groups excluding carboxylic acids is 1. The molecule has 1 saturated heterocycles. The number of carbonyl (C=O) groups is 1. The molecule has 0 bridgehead atoms. The molecular weight excluding hydrogens is 184 g/mol. The summed E-state index contributed by atoms with van der Waals surface area (Å²) in [5.74, 6) is -0.393. The van der Waals surface area contributed by atoms with Crippen LogP contribution < -0.4 is 0 Å². The van der Waals surface area contributed by atoms with Gasteiger partial charge in [-0.2, -0.15) is 0 Å². The monoisotopic (exact) mass is 200 g/mol. The lowest BCUT2D eigenvalue weighted by atomic mass is 10.2. The molecule has 1 fully saturated rings. The standard InChI is InChI=1S/C10H16O4/c1-4-8(10-12-5-6-13-10)14-9(11)7(2)3/h8,10H,2,4-6H2,1,3H3. The van der Waals surface area contributed by atoms with Gasteiger partial charge in [-0.3, -0.25) is 0 Å². The average Bonchev–Trinajstić information content (AvgIpc) is 2.66. The topological polar surface area (TPSA) is 44.8 Å². The molecule has 0 aromatic rings. The van der Waals surface area contributed by atoms with Gasteiger partial charge in [0.2, 0.25) is 0 Å². The smallest absolute Gasteiger partial charge is 0.333 e. The van der Waals surface area contributed by atoms with Crippen molar-refractivity contribution in [3.63, 3.8) is 0 Å². The first-order chi connectivity index (χ1) is 6.65. The second-order valence-electron chi connectivity index (χ2n) is 3.24. The van der Waals surface area contributed by atoms with Gasteiger partial charge in [-0.15, -0.1) is 0 Å². The summed E-state index contributed by atoms with van der Waals surface area (Å²) in [6.07, 6.45) is -0.0750. The Balaban J connectivity index is 2.45. The molecule has 0 aromatic heterocycles. The molecule has 0 aliphatic carbocycles. The Morgan fingerprint density at radius 3 is 2.57 bits per heavy atom. The highest BCUT2D eigenvalue weighted by atomic mass is 16.7. The van der Waals surface area contributed by atoms with Crippen LogP contribution >= 0.6 is 0 Å². The van der Waals surface area contributed by atoms with Crippen LogP contribution in [0.1, 0.15) is 20.3 Å². The van der Waals surface area contributed by atoms with Crippen LogP contribution in [0.2, 0.25) is 0 Å². The molecule has 0 radical (unpaired) electrons. The van der Waals surface area contributed by atoms with E-state index in [4.69, 9.17) is 14.2 Å². The molecule has 1 rings (SSSR count). The van der Waals surface area contributed by atoms with Gasteiger partial charge in [0.05, 0.1) is 13.2 Å². The highest BCUT2D eigenvalue weighted by Crippen LogP contribution is 2.15. The van der Waals surface area contributed by atoms with Crippen LogP contribution in [0.3, 0.4) is 0 Å². The van der Waals surface area contributed by atoms with Crippen LogP contribution in [0.4, 0.5) is 0 Å². The molecule has 0 amide bonds. The van der Waals surface area contributed by atoms with E-state index in [1.807, 2.05) is 6.92 Å². The van der Waals surface area contributed by atoms with Gasteiger partial charge in [0.25, 0.3) is 0 Å². The van der Waals surface area contributed by atoms with E-state index in [0.717, 1.165) is 0 Å². The first kappa shape index (κ1) is 11.2. The van der Waals surface area contributed by atoms with Crippen LogP contribution in [-0.4, -0.2) is 31.6 Å². The maximum atomic E-state index is 11.2. The van der Waals surface area contributed by atoms with Crippen molar-refractivity contribution in [2.75, 3.05) is 13.2 Å². The van der Waals surface area contributed by atoms with Crippen molar-refractivity contribution in [2.24, 2.45) is 0 Å². The first-order valence-corrected chi connectivity index (χ1v) is 4.74. The Morgan fingerprint density at radius 1 is 1.57 bits per heavy atom. The Morgan fingerprint density at radius 2 is 2.14 bits per heavy atom. The number of rotatable bonds is 4. The maximum Gasteiger partial charge on any atom is 0.333 e. The molecular formula is C10H16O4. The number of hydrogen-bond donors (Lipinski definition) is 0. The van der Waals surface area contributed by atoms with E-state index in [-0.39, 0.29) is 6.10 Å². The molecule has 1 atom stereocenters. The van der Waals surface area contributed by atoms with E-state index in [1.165, 1.54) is 0 Å². The molecule has 14 heavy (non-hydrogen) atoms. The van der Waals surface area contributed by atoms with Gasteiger partial charge in [0.1, 0.15) is 0 Å². The first-order valence-electron chi connectivity index (χ1n) is 4.74. The molecule has 1 aliphatic heterocycles. The zero-order chi connectivity index (χ0) is 10.6. The lowest BCUT2D eigenvalue weighted by Gasteiger charge is -2.20. The Kier molecular flexibility index (Phi) is 4.10. The largest absolute Gasteiger partial charge is 0.454 e. The van der Waals surface area contributed by atoms with Gasteiger partial charge < -0.3 is 14.2 Å². The minimum Gasteiger partial charge on any atom is -0.454 e. The summed E-state index contributed by atoms with van der Waals surface area (Å²) in [4.78, 5) is 11.2. The number of esters is 1. The molecule has 1 aliphatic rings. The normalized spacial score (nSPS) is 19.3. The van der Waals surface area contributed by atoms with Crippen molar-refractivity contribution in [3.05, 3.63) is 12.2 Å². The molecule has 1 unspecified atom stereocenters. The third-order valence-corrected chi connectivity index (χ3v) is 1.96. The molecule has 4 heteroatoms. The van der Waals surface area contributed by atoms with E-state index < -0.39 is 12.3 Å². The Hall–Kier alpha value is -0.870. The predicted octanol–water partition coefficient (Wildman–Crippen LogP) is 1.26. The molecule has 0 aromatic carbocycles. The summed E-state index contributed by atoms with van der Waals surface area (Å²) in [6.45, 7) is 8.17. The number of ether oxygens (including phenoxy) is 3. The van der Waals surface area contributed by atoms with Gasteiger partial charge in [-0.05, 0) is 13.3 Å². The fourth-order valence-corrected chi connectivity index (χ4v) is 1.16. The average molecular weight is 200 g/mol. The van der Waals surface area contributed by atoms with E-state index in [2.05, 4.69) is 6.58 Å². The third-order valence-electron chi connectivity index (χ3n) is 1.96. The highest BCUT2D eigenvalue weighted by molar-refractivity contribution is 5.87. The molecule has 0 spiro atoms. The zero-order valence-electron chi connectivity index (χ0n) is 8.62. The lowest BCUT2D eigenvalue weighted by molar-refractivity contribution is -0.170. The molecule has 0 N–H and O–H groups in total. The van der Waals surface area contributed by atoms with Crippen LogP contribution in [0.15, 0.2) is 12.2 Å². The van der Waals surface area contributed by atoms with Gasteiger partial charge in [-0.25, -0.2) is 4.79 Å². The second-order valence-corrected chi connectivity index (χ2v) is 3.24. The molecule has 80 valence electrons. The van der Waals surface area contributed by atoms with Crippen molar-refractivity contribution in [1.82, 2.24) is 0 Å². The van der Waals surface area contributed by atoms with Crippen molar-refractivity contribution in [1.29, 1.82) is 0 Å². The van der Waals surface area contributed by atoms with E-state index in [1.54, 1.807) is 6.92 Å². The van der Waals surface area contributed by atoms with E-state index in [9.17, 15) is 4.79 Å². The molecule has 4 nitrogen and oxygen atoms in total. The van der Waals surface area contributed by atoms with E-state index in [0.29, 0.717) is 25.2 Å². The fourth-order valence-electron chi connectivity index (χ4n) is 1.16. The summed E-state index contributed by atoms with van der Waals surface area (Å²) in [5.41, 5.74) is 0.390. The summed E-state index contributed by atoms with van der Waals surface area (Å²) in [6, 6.07) is 0. The Bertz CT molecular complexity index is 218. The predicted molar refractivity (Wildman–Crippen MR) is 50.7 cm³/mol. The van der Waals surface area contributed by atoms with Gasteiger partial charge in [0.15, 0.2) is 12.4 Å². The van der Waals surface area contributed by atoms with E-state index >= 15 is 0 Å². The maximum absolute atomic E-state index is 11.2. The quantitative estimate of drug-likeness (QED) is 0.506. The van der Waals surface area contributed by atoms with Crippen LogP contribution in [0.5, 0.6) is 0 Å². The fraction of sp³-hybridized carbons (Fsp3) is 0.700. The van der Waals surface area contributed by atoms with Crippen molar-refractivity contribution >= 4 is 5.97 Å². The second kappa shape index (κ2) is 5.12. The summed E-state index contributed by atoms with van der Waals surface area (Å²) < 4.78 is 15.7. The van der Waals surface area contributed by atoms with Gasteiger partial charge >= 0.3 is 5.97 Å². The lowest BCUT2D eigenvalue weighted by Crippen LogP contribution is -2.31. The van der Waals surface area contributed by atoms with Crippen LogP contribution in [-0.2, 0) is 19.0 Å². The minimum absolute atomic E-state index is 0.332. The van der Waals surface area contributed by atoms with Crippen molar-refractivity contribution < 1.29 is 19.0 Å². The Labute approximate surface area is 83.8 Å². The third kappa shape index (κ3) is 2.82. The summed E-state index contributed by atoms with van der Waals surface area (Å²) >= 11 is 0. The summed E-state index contributed by atoms with van der Waals surface area (Å²) in [7, 11) is 0.